The van der Waals surface area contributed by atoms with Gasteiger partial charge in [0.15, 0.2) is 6.10 Å². The summed E-state index contributed by atoms with van der Waals surface area (Å²) in [5.41, 5.74) is 6.91. The fourth-order valence-electron chi connectivity index (χ4n) is 3.51. The van der Waals surface area contributed by atoms with Crippen LogP contribution in [0, 0.1) is 0 Å². The molecule has 0 aliphatic rings. The molecule has 0 bridgehead atoms. The lowest BCUT2D eigenvalue weighted by Crippen LogP contribution is -2.43. The molecule has 34 heavy (non-hydrogen) atoms. The number of nitrogens with zero attached hydrogens (tertiary/aromatic N) is 1. The SMILES string of the molecule is CCc1cc(OC(=O)NC(c2ccccc2)C(O)C(=O)Nc2ccc3c(N)nccc3c2)cs1. The average Bonchev–Trinajstić information content (AvgIpc) is 3.30. The number of hydrogen-bond donors (Lipinski definition) is 4. The monoisotopic (exact) mass is 476 g/mol. The zero-order valence-electron chi connectivity index (χ0n) is 18.4. The van der Waals surface area contributed by atoms with E-state index in [-0.39, 0.29) is 0 Å². The van der Waals surface area contributed by atoms with Crippen molar-refractivity contribution in [1.82, 2.24) is 10.3 Å². The second kappa shape index (κ2) is 10.3. The molecule has 2 heterocycles. The highest BCUT2D eigenvalue weighted by Gasteiger charge is 2.30. The first-order chi connectivity index (χ1) is 16.4. The van der Waals surface area contributed by atoms with Crippen molar-refractivity contribution in [1.29, 1.82) is 0 Å². The van der Waals surface area contributed by atoms with Gasteiger partial charge in [-0.1, -0.05) is 37.3 Å². The van der Waals surface area contributed by atoms with Gasteiger partial charge in [0.1, 0.15) is 11.6 Å². The summed E-state index contributed by atoms with van der Waals surface area (Å²) in [5, 5.41) is 19.5. The molecule has 2 unspecified atom stereocenters. The lowest BCUT2D eigenvalue weighted by molar-refractivity contribution is -0.125. The molecule has 5 N–H and O–H groups in total. The molecule has 0 saturated carbocycles. The smallest absolute Gasteiger partial charge is 0.409 e. The number of rotatable bonds is 7. The number of aliphatic hydroxyl groups excluding tert-OH is 1. The van der Waals surface area contributed by atoms with Gasteiger partial charge in [-0.3, -0.25) is 4.79 Å². The van der Waals surface area contributed by atoms with E-state index in [0.29, 0.717) is 22.8 Å². The maximum Gasteiger partial charge on any atom is 0.413 e. The second-order valence-electron chi connectivity index (χ2n) is 7.59. The van der Waals surface area contributed by atoms with Crippen LogP contribution in [0.1, 0.15) is 23.4 Å². The highest BCUT2D eigenvalue weighted by Crippen LogP contribution is 2.25. The van der Waals surface area contributed by atoms with Crippen LogP contribution in [0.4, 0.5) is 16.3 Å². The van der Waals surface area contributed by atoms with E-state index in [0.717, 1.165) is 22.1 Å². The highest BCUT2D eigenvalue weighted by atomic mass is 32.1. The van der Waals surface area contributed by atoms with Crippen LogP contribution in [-0.4, -0.2) is 28.2 Å². The number of fused-ring (bicyclic) bond motifs is 1. The van der Waals surface area contributed by atoms with Crippen molar-refractivity contribution >= 4 is 45.6 Å². The Morgan fingerprint density at radius 3 is 2.68 bits per heavy atom. The molecule has 4 aromatic rings. The Bertz CT molecular complexity index is 1310. The maximum absolute atomic E-state index is 12.9. The zero-order chi connectivity index (χ0) is 24.1. The number of aliphatic hydroxyl groups is 1. The van der Waals surface area contributed by atoms with E-state index in [1.54, 1.807) is 72.2 Å². The van der Waals surface area contributed by atoms with Crippen LogP contribution in [0.5, 0.6) is 5.75 Å². The second-order valence-corrected chi connectivity index (χ2v) is 8.59. The Labute approximate surface area is 200 Å². The van der Waals surface area contributed by atoms with Crippen LogP contribution in [0.3, 0.4) is 0 Å². The maximum atomic E-state index is 12.9. The number of aryl methyl sites for hydroxylation is 1. The number of carbonyl (C=O) groups is 2. The number of carbonyl (C=O) groups excluding carboxylic acids is 2. The van der Waals surface area contributed by atoms with E-state index in [1.807, 2.05) is 6.92 Å². The Morgan fingerprint density at radius 1 is 1.15 bits per heavy atom. The molecule has 0 aliphatic carbocycles. The van der Waals surface area contributed by atoms with Crippen molar-refractivity contribution in [2.24, 2.45) is 0 Å². The minimum atomic E-state index is -1.58. The predicted octanol–water partition coefficient (Wildman–Crippen LogP) is 4.27. The molecule has 174 valence electrons. The van der Waals surface area contributed by atoms with Crippen LogP contribution in [-0.2, 0) is 11.2 Å². The third kappa shape index (κ3) is 5.33. The summed E-state index contributed by atoms with van der Waals surface area (Å²) in [6.45, 7) is 2.01. The predicted molar refractivity (Wildman–Crippen MR) is 133 cm³/mol. The molecule has 0 aliphatic heterocycles. The van der Waals surface area contributed by atoms with Gasteiger partial charge < -0.3 is 26.2 Å². The number of hydrogen-bond acceptors (Lipinski definition) is 7. The Kier molecular flexibility index (Phi) is 7.05. The standard InChI is InChI=1S/C25H24N4O4S/c1-2-19-13-18(14-34-19)33-25(32)29-21(15-6-4-3-5-7-15)22(30)24(31)28-17-8-9-20-16(12-17)10-11-27-23(20)26/h3-14,21-22,30H,2H2,1H3,(H2,26,27)(H,28,31)(H,29,32). The molecular formula is C25H24N4O4S. The number of benzene rings is 2. The van der Waals surface area contributed by atoms with Gasteiger partial charge in [-0.25, -0.2) is 9.78 Å². The van der Waals surface area contributed by atoms with Crippen molar-refractivity contribution in [3.8, 4) is 5.75 Å². The largest absolute Gasteiger partial charge is 0.413 e. The number of thiophene rings is 1. The summed E-state index contributed by atoms with van der Waals surface area (Å²) in [7, 11) is 0. The molecule has 4 rings (SSSR count). The van der Waals surface area contributed by atoms with Crippen molar-refractivity contribution in [2.75, 3.05) is 11.1 Å². The molecular weight excluding hydrogens is 452 g/mol. The van der Waals surface area contributed by atoms with Crippen molar-refractivity contribution in [2.45, 2.75) is 25.5 Å². The van der Waals surface area contributed by atoms with Crippen LogP contribution in [0.15, 0.2) is 72.2 Å². The van der Waals surface area contributed by atoms with Crippen LogP contribution >= 0.6 is 11.3 Å². The van der Waals surface area contributed by atoms with E-state index in [9.17, 15) is 14.7 Å². The number of anilines is 2. The Hall–Kier alpha value is -3.95. The van der Waals surface area contributed by atoms with E-state index >= 15 is 0 Å². The number of nitrogens with two attached hydrogens (primary N) is 1. The first-order valence-corrected chi connectivity index (χ1v) is 11.6. The van der Waals surface area contributed by atoms with Gasteiger partial charge in [0, 0.05) is 27.5 Å². The summed E-state index contributed by atoms with van der Waals surface area (Å²) in [6, 6.07) is 16.4. The average molecular weight is 477 g/mol. The molecule has 9 heteroatoms. The summed E-state index contributed by atoms with van der Waals surface area (Å²) in [5.74, 6) is 0.119. The number of amides is 2. The first-order valence-electron chi connectivity index (χ1n) is 10.7. The third-order valence-corrected chi connectivity index (χ3v) is 6.33. The molecule has 2 aromatic heterocycles. The lowest BCUT2D eigenvalue weighted by atomic mass is 10.0. The normalized spacial score (nSPS) is 12.6. The van der Waals surface area contributed by atoms with Gasteiger partial charge in [0.2, 0.25) is 0 Å². The van der Waals surface area contributed by atoms with E-state index in [1.165, 1.54) is 11.3 Å². The van der Waals surface area contributed by atoms with E-state index in [2.05, 4.69) is 15.6 Å². The topological polar surface area (TPSA) is 127 Å². The van der Waals surface area contributed by atoms with Crippen LogP contribution in [0.25, 0.3) is 10.8 Å². The van der Waals surface area contributed by atoms with Crippen molar-refractivity contribution in [3.05, 3.63) is 82.7 Å². The van der Waals surface area contributed by atoms with Gasteiger partial charge in [-0.2, -0.15) is 0 Å². The van der Waals surface area contributed by atoms with E-state index in [4.69, 9.17) is 10.5 Å². The number of ether oxygens (including phenoxy) is 1. The Morgan fingerprint density at radius 2 is 1.94 bits per heavy atom. The minimum Gasteiger partial charge on any atom is -0.409 e. The quantitative estimate of drug-likeness (QED) is 0.316. The van der Waals surface area contributed by atoms with Crippen LogP contribution in [0.2, 0.25) is 0 Å². The highest BCUT2D eigenvalue weighted by molar-refractivity contribution is 7.10. The minimum absolute atomic E-state index is 0.388. The lowest BCUT2D eigenvalue weighted by Gasteiger charge is -2.23. The molecule has 0 spiro atoms. The fourth-order valence-corrected chi connectivity index (χ4v) is 4.25. The summed E-state index contributed by atoms with van der Waals surface area (Å²) < 4.78 is 5.36. The summed E-state index contributed by atoms with van der Waals surface area (Å²) in [4.78, 5) is 30.6. The summed E-state index contributed by atoms with van der Waals surface area (Å²) in [6.07, 6.45) is 0.0615. The molecule has 0 radical (unpaired) electrons. The van der Waals surface area contributed by atoms with Crippen molar-refractivity contribution in [3.63, 3.8) is 0 Å². The molecule has 0 fully saturated rings. The number of aromatic nitrogens is 1. The van der Waals surface area contributed by atoms with Gasteiger partial charge in [0.05, 0.1) is 6.04 Å². The molecule has 2 atom stereocenters. The van der Waals surface area contributed by atoms with Gasteiger partial charge in [-0.15, -0.1) is 11.3 Å². The third-order valence-electron chi connectivity index (χ3n) is 5.27. The van der Waals surface area contributed by atoms with Gasteiger partial charge in [-0.05, 0) is 47.7 Å². The van der Waals surface area contributed by atoms with Gasteiger partial charge in [0.25, 0.3) is 5.91 Å². The fraction of sp³-hybridized carbons (Fsp3) is 0.160. The van der Waals surface area contributed by atoms with Crippen LogP contribution < -0.4 is 21.1 Å². The first kappa shape index (κ1) is 23.2. The molecule has 2 aromatic carbocycles. The zero-order valence-corrected chi connectivity index (χ0v) is 19.2. The number of nitrogen functional groups attached to an aromatic ring is 1. The van der Waals surface area contributed by atoms with E-state index < -0.39 is 24.1 Å². The molecule has 8 nitrogen and oxygen atoms in total. The van der Waals surface area contributed by atoms with Gasteiger partial charge >= 0.3 is 6.09 Å². The van der Waals surface area contributed by atoms with Crippen molar-refractivity contribution < 1.29 is 19.4 Å². The molecule has 0 saturated heterocycles. The number of pyridine rings is 1. The Balaban J connectivity index is 1.51. The number of nitrogens with one attached hydrogen (secondary N) is 2. The molecule has 2 amide bonds. The summed E-state index contributed by atoms with van der Waals surface area (Å²) >= 11 is 1.49.